The van der Waals surface area contributed by atoms with Gasteiger partial charge in [0.15, 0.2) is 11.7 Å². The van der Waals surface area contributed by atoms with E-state index in [4.69, 9.17) is 0 Å². The molecule has 0 saturated carbocycles. The Hall–Kier alpha value is -2.41. The molecule has 0 amide bonds. The van der Waals surface area contributed by atoms with Crippen LogP contribution in [0, 0.1) is 0 Å². The first-order valence-electron chi connectivity index (χ1n) is 10.6. The van der Waals surface area contributed by atoms with Gasteiger partial charge in [0.05, 0.1) is 16.4 Å². The summed E-state index contributed by atoms with van der Waals surface area (Å²) in [6, 6.07) is 16.1. The Labute approximate surface area is 168 Å². The highest BCUT2D eigenvalue weighted by atomic mass is 15.1. The molecule has 0 N–H and O–H groups in total. The molecular formula is C27H30N+. The number of pyridine rings is 1. The molecule has 0 saturated heterocycles. The standard InChI is InChI=1S/C27H30N/c1-7-26(6)21-15-11-14-20-23(21)24-22-18(12-10-13-19(22)25(20,4)5)16-17-28(24)27(26,8-2)9-3/h8,10-17H,2,7,9H2,1,3-6H3/q+1. The summed E-state index contributed by atoms with van der Waals surface area (Å²) in [4.78, 5) is 0. The molecule has 2 unspecified atom stereocenters. The zero-order valence-corrected chi connectivity index (χ0v) is 17.8. The van der Waals surface area contributed by atoms with Crippen molar-refractivity contribution in [2.45, 2.75) is 63.8 Å². The molecule has 5 rings (SSSR count). The summed E-state index contributed by atoms with van der Waals surface area (Å²) < 4.78 is 2.57. The first-order chi connectivity index (χ1) is 13.4. The SMILES string of the molecule is C=CC1(CC)[n+]2ccc3cccc4c3c2-c2c(cccc2C1(C)CC)C4(C)C. The van der Waals surface area contributed by atoms with Gasteiger partial charge in [-0.2, -0.15) is 4.57 Å². The third-order valence-electron chi connectivity index (χ3n) is 8.19. The minimum atomic E-state index is -0.133. The minimum absolute atomic E-state index is 0.00253. The average molecular weight is 369 g/mol. The summed E-state index contributed by atoms with van der Waals surface area (Å²) in [6.07, 6.45) is 6.64. The van der Waals surface area contributed by atoms with E-state index in [1.54, 1.807) is 0 Å². The molecule has 1 aliphatic heterocycles. The Bertz CT molecular complexity index is 1150. The fraction of sp³-hybridized carbons (Fsp3) is 0.370. The predicted octanol–water partition coefficient (Wildman–Crippen LogP) is 6.41. The van der Waals surface area contributed by atoms with Crippen LogP contribution in [0.5, 0.6) is 0 Å². The quantitative estimate of drug-likeness (QED) is 0.372. The number of allylic oxidation sites excluding steroid dienone is 1. The van der Waals surface area contributed by atoms with Crippen molar-refractivity contribution in [2.24, 2.45) is 0 Å². The van der Waals surface area contributed by atoms with Gasteiger partial charge >= 0.3 is 0 Å². The third-order valence-corrected chi connectivity index (χ3v) is 8.19. The summed E-state index contributed by atoms with van der Waals surface area (Å²) in [5.41, 5.74) is 7.11. The maximum absolute atomic E-state index is 4.37. The van der Waals surface area contributed by atoms with Crippen LogP contribution in [0.25, 0.3) is 22.0 Å². The topological polar surface area (TPSA) is 3.88 Å². The van der Waals surface area contributed by atoms with E-state index in [2.05, 4.69) is 101 Å². The van der Waals surface area contributed by atoms with Crippen molar-refractivity contribution >= 4 is 10.8 Å². The Balaban J connectivity index is 2.11. The summed E-state index contributed by atoms with van der Waals surface area (Å²) >= 11 is 0. The van der Waals surface area contributed by atoms with Crippen molar-refractivity contribution in [2.75, 3.05) is 0 Å². The van der Waals surface area contributed by atoms with Crippen LogP contribution in [-0.2, 0) is 16.4 Å². The average Bonchev–Trinajstić information content (AvgIpc) is 2.72. The van der Waals surface area contributed by atoms with Gasteiger partial charge in [0.2, 0.25) is 5.69 Å². The van der Waals surface area contributed by atoms with Crippen molar-refractivity contribution in [3.05, 3.63) is 78.0 Å². The van der Waals surface area contributed by atoms with Crippen LogP contribution in [0.3, 0.4) is 0 Å². The fourth-order valence-corrected chi connectivity index (χ4v) is 6.38. The Morgan fingerprint density at radius 2 is 1.57 bits per heavy atom. The van der Waals surface area contributed by atoms with Gasteiger partial charge in [0.25, 0.3) is 0 Å². The van der Waals surface area contributed by atoms with E-state index in [9.17, 15) is 0 Å². The highest BCUT2D eigenvalue weighted by Crippen LogP contribution is 2.57. The van der Waals surface area contributed by atoms with Crippen molar-refractivity contribution < 1.29 is 4.57 Å². The number of aromatic nitrogens is 1. The number of hydrogen-bond acceptors (Lipinski definition) is 0. The lowest BCUT2D eigenvalue weighted by molar-refractivity contribution is -0.755. The van der Waals surface area contributed by atoms with Gasteiger partial charge in [-0.25, -0.2) is 0 Å². The lowest BCUT2D eigenvalue weighted by atomic mass is 9.56. The first-order valence-corrected chi connectivity index (χ1v) is 10.6. The molecule has 1 aromatic heterocycles. The van der Waals surface area contributed by atoms with E-state index in [1.807, 2.05) is 0 Å². The van der Waals surface area contributed by atoms with Gasteiger partial charge < -0.3 is 0 Å². The van der Waals surface area contributed by atoms with Crippen molar-refractivity contribution in [3.63, 3.8) is 0 Å². The predicted molar refractivity (Wildman–Crippen MR) is 118 cm³/mol. The van der Waals surface area contributed by atoms with Crippen LogP contribution in [-0.4, -0.2) is 0 Å². The molecule has 2 atom stereocenters. The zero-order valence-electron chi connectivity index (χ0n) is 17.8. The molecule has 1 nitrogen and oxygen atoms in total. The van der Waals surface area contributed by atoms with E-state index in [0.717, 1.165) is 12.8 Å². The number of benzene rings is 2. The second kappa shape index (κ2) is 5.35. The van der Waals surface area contributed by atoms with Gasteiger partial charge in [-0.1, -0.05) is 70.7 Å². The second-order valence-corrected chi connectivity index (χ2v) is 9.32. The van der Waals surface area contributed by atoms with Gasteiger partial charge in [0, 0.05) is 17.9 Å². The molecule has 2 aliphatic rings. The van der Waals surface area contributed by atoms with Crippen molar-refractivity contribution in [1.29, 1.82) is 0 Å². The van der Waals surface area contributed by atoms with Crippen LogP contribution in [0.2, 0.25) is 0 Å². The monoisotopic (exact) mass is 368 g/mol. The lowest BCUT2D eigenvalue weighted by Crippen LogP contribution is -2.68. The largest absolute Gasteiger partial charge is 0.222 e. The lowest BCUT2D eigenvalue weighted by Gasteiger charge is -2.49. The number of rotatable bonds is 3. The molecule has 1 aliphatic carbocycles. The molecule has 1 heteroatoms. The Morgan fingerprint density at radius 1 is 0.893 bits per heavy atom. The third kappa shape index (κ3) is 1.68. The summed E-state index contributed by atoms with van der Waals surface area (Å²) in [6.45, 7) is 16.2. The maximum atomic E-state index is 4.37. The summed E-state index contributed by atoms with van der Waals surface area (Å²) in [5, 5.41) is 2.76. The summed E-state index contributed by atoms with van der Waals surface area (Å²) in [7, 11) is 0. The minimum Gasteiger partial charge on any atom is -0.188 e. The van der Waals surface area contributed by atoms with Crippen LogP contribution in [0.4, 0.5) is 0 Å². The van der Waals surface area contributed by atoms with Gasteiger partial charge in [-0.15, -0.1) is 0 Å². The molecule has 0 fully saturated rings. The van der Waals surface area contributed by atoms with Gasteiger partial charge in [-0.05, 0) is 41.5 Å². The van der Waals surface area contributed by atoms with E-state index < -0.39 is 0 Å². The zero-order chi connectivity index (χ0) is 19.9. The maximum Gasteiger partial charge on any atom is 0.222 e. The van der Waals surface area contributed by atoms with Crippen LogP contribution in [0.1, 0.15) is 64.2 Å². The molecule has 0 bridgehead atoms. The summed E-state index contributed by atoms with van der Waals surface area (Å²) in [5.74, 6) is 0. The molecule has 0 radical (unpaired) electrons. The second-order valence-electron chi connectivity index (χ2n) is 9.32. The highest BCUT2D eigenvalue weighted by molar-refractivity contribution is 6.01. The smallest absolute Gasteiger partial charge is 0.188 e. The van der Waals surface area contributed by atoms with Crippen LogP contribution < -0.4 is 4.57 Å². The van der Waals surface area contributed by atoms with Gasteiger partial charge in [0.1, 0.15) is 0 Å². The molecule has 28 heavy (non-hydrogen) atoms. The van der Waals surface area contributed by atoms with Crippen molar-refractivity contribution in [3.8, 4) is 11.3 Å². The van der Waals surface area contributed by atoms with Crippen molar-refractivity contribution in [1.82, 2.24) is 0 Å². The van der Waals surface area contributed by atoms with E-state index >= 15 is 0 Å². The van der Waals surface area contributed by atoms with E-state index in [1.165, 1.54) is 38.7 Å². The normalized spacial score (nSPS) is 26.3. The molecule has 2 aromatic carbocycles. The molecular weight excluding hydrogens is 338 g/mol. The number of hydrogen-bond donors (Lipinski definition) is 0. The first kappa shape index (κ1) is 17.7. The van der Waals surface area contributed by atoms with E-state index in [-0.39, 0.29) is 16.4 Å². The Kier molecular flexibility index (Phi) is 3.37. The van der Waals surface area contributed by atoms with Crippen LogP contribution >= 0.6 is 0 Å². The molecule has 142 valence electrons. The van der Waals surface area contributed by atoms with Gasteiger partial charge in [-0.3, -0.25) is 0 Å². The van der Waals surface area contributed by atoms with Crippen LogP contribution in [0.15, 0.2) is 61.3 Å². The molecule has 2 heterocycles. The Morgan fingerprint density at radius 3 is 2.25 bits per heavy atom. The molecule has 3 aromatic rings. The molecule has 0 spiro atoms. The van der Waals surface area contributed by atoms with E-state index in [0.29, 0.717) is 0 Å². The fourth-order valence-electron chi connectivity index (χ4n) is 6.38. The number of nitrogens with zero attached hydrogens (tertiary/aromatic N) is 1. The highest BCUT2D eigenvalue weighted by Gasteiger charge is 2.59.